The molecule has 0 aliphatic rings. The molecule has 2 aromatic carbocycles. The number of H-pyrrole nitrogens is 1. The Hall–Kier alpha value is -3.32. The number of benzene rings is 2. The minimum absolute atomic E-state index is 0.135. The number of rotatable bonds is 7. The molecule has 154 valence electrons. The number of methoxy groups -OCH3 is 1. The molecular formula is C23H23N3O3S. The van der Waals surface area contributed by atoms with Gasteiger partial charge < -0.3 is 14.6 Å². The van der Waals surface area contributed by atoms with Crippen molar-refractivity contribution in [1.82, 2.24) is 15.2 Å². The molecule has 4 rings (SSSR count). The van der Waals surface area contributed by atoms with Crippen LogP contribution in [0, 0.1) is 6.92 Å². The van der Waals surface area contributed by atoms with Gasteiger partial charge in [-0.25, -0.2) is 4.98 Å². The minimum Gasteiger partial charge on any atom is -0.507 e. The van der Waals surface area contributed by atoms with Crippen LogP contribution < -0.4 is 9.47 Å². The largest absolute Gasteiger partial charge is 0.507 e. The maximum absolute atomic E-state index is 10.8. The van der Waals surface area contributed by atoms with Gasteiger partial charge in [-0.3, -0.25) is 5.10 Å². The van der Waals surface area contributed by atoms with Gasteiger partial charge in [0.15, 0.2) is 0 Å². The molecule has 0 bridgehead atoms. The lowest BCUT2D eigenvalue weighted by Gasteiger charge is -2.14. The molecule has 30 heavy (non-hydrogen) atoms. The number of nitrogens with one attached hydrogen (secondary N) is 1. The summed E-state index contributed by atoms with van der Waals surface area (Å²) >= 11 is 1.56. The molecule has 0 saturated heterocycles. The molecule has 0 fully saturated rings. The molecule has 6 nitrogen and oxygen atoms in total. The fraction of sp³-hybridized carbons (Fsp3) is 0.217. The second-order valence-corrected chi connectivity index (χ2v) is 7.78. The van der Waals surface area contributed by atoms with Gasteiger partial charge in [-0.1, -0.05) is 19.1 Å². The lowest BCUT2D eigenvalue weighted by Crippen LogP contribution is -1.99. The van der Waals surface area contributed by atoms with Gasteiger partial charge in [-0.05, 0) is 42.7 Å². The van der Waals surface area contributed by atoms with E-state index in [2.05, 4.69) is 22.1 Å². The van der Waals surface area contributed by atoms with Crippen LogP contribution >= 0.6 is 11.3 Å². The third-order valence-electron chi connectivity index (χ3n) is 4.87. The Morgan fingerprint density at radius 2 is 1.93 bits per heavy atom. The second kappa shape index (κ2) is 8.59. The van der Waals surface area contributed by atoms with E-state index in [4.69, 9.17) is 9.47 Å². The number of hydrogen-bond acceptors (Lipinski definition) is 6. The van der Waals surface area contributed by atoms with Crippen LogP contribution in [0.1, 0.15) is 23.7 Å². The summed E-state index contributed by atoms with van der Waals surface area (Å²) in [6.45, 7) is 4.43. The highest BCUT2D eigenvalue weighted by Crippen LogP contribution is 2.40. The van der Waals surface area contributed by atoms with Crippen molar-refractivity contribution in [3.63, 3.8) is 0 Å². The van der Waals surface area contributed by atoms with Crippen molar-refractivity contribution < 1.29 is 14.6 Å². The fourth-order valence-corrected chi connectivity index (χ4v) is 4.05. The Balaban J connectivity index is 1.62. The highest BCUT2D eigenvalue weighted by Gasteiger charge is 2.18. The SMILES string of the molecule is CCc1cc(-c2[nH]ncc2-c2nc(C)cs2)c(O)cc1OCc1ccc(OC)cc1. The zero-order valence-electron chi connectivity index (χ0n) is 17.1. The molecule has 0 amide bonds. The number of aromatic nitrogens is 3. The smallest absolute Gasteiger partial charge is 0.128 e. The quantitative estimate of drug-likeness (QED) is 0.420. The Morgan fingerprint density at radius 1 is 1.13 bits per heavy atom. The molecule has 0 unspecified atom stereocenters. The van der Waals surface area contributed by atoms with Gasteiger partial charge in [0.05, 0.1) is 24.6 Å². The number of phenolic OH excluding ortho intramolecular Hbond substituents is 1. The van der Waals surface area contributed by atoms with E-state index >= 15 is 0 Å². The first-order chi connectivity index (χ1) is 14.6. The Bertz CT molecular complexity index is 1150. The van der Waals surface area contributed by atoms with E-state index in [1.54, 1.807) is 30.7 Å². The summed E-state index contributed by atoms with van der Waals surface area (Å²) in [5.74, 6) is 1.61. The van der Waals surface area contributed by atoms with E-state index in [0.717, 1.165) is 45.3 Å². The standard InChI is InChI=1S/C23H23N3O3S/c1-4-16-9-18(22-19(11-24-26-22)23-25-14(2)13-30-23)20(27)10-21(16)29-12-15-5-7-17(28-3)8-6-15/h5-11,13,27H,4,12H2,1-3H3,(H,24,26). The number of nitrogens with zero attached hydrogens (tertiary/aromatic N) is 2. The normalized spacial score (nSPS) is 10.9. The molecule has 2 aromatic heterocycles. The number of aromatic hydroxyl groups is 1. The summed E-state index contributed by atoms with van der Waals surface area (Å²) in [6.07, 6.45) is 2.51. The average molecular weight is 422 g/mol. The number of ether oxygens (including phenoxy) is 2. The third kappa shape index (κ3) is 4.02. The molecule has 0 spiro atoms. The molecule has 2 heterocycles. The third-order valence-corrected chi connectivity index (χ3v) is 5.86. The monoisotopic (exact) mass is 421 g/mol. The maximum atomic E-state index is 10.8. The van der Waals surface area contributed by atoms with Gasteiger partial charge in [-0.2, -0.15) is 5.10 Å². The van der Waals surface area contributed by atoms with Crippen molar-refractivity contribution in [2.24, 2.45) is 0 Å². The van der Waals surface area contributed by atoms with Gasteiger partial charge in [0.1, 0.15) is 28.9 Å². The number of aromatic amines is 1. The van der Waals surface area contributed by atoms with Crippen LogP contribution in [0.3, 0.4) is 0 Å². The van der Waals surface area contributed by atoms with Crippen LogP contribution in [-0.2, 0) is 13.0 Å². The molecule has 0 atom stereocenters. The first-order valence-electron chi connectivity index (χ1n) is 9.67. The topological polar surface area (TPSA) is 80.3 Å². The summed E-state index contributed by atoms with van der Waals surface area (Å²) in [4.78, 5) is 4.55. The van der Waals surface area contributed by atoms with Gasteiger partial charge in [-0.15, -0.1) is 11.3 Å². The molecule has 7 heteroatoms. The minimum atomic E-state index is 0.135. The Kier molecular flexibility index (Phi) is 5.72. The fourth-order valence-electron chi connectivity index (χ4n) is 3.24. The van der Waals surface area contributed by atoms with Crippen LogP contribution in [0.5, 0.6) is 17.2 Å². The van der Waals surface area contributed by atoms with E-state index in [1.165, 1.54) is 0 Å². The average Bonchev–Trinajstić information content (AvgIpc) is 3.41. The first kappa shape index (κ1) is 20.0. The molecular weight excluding hydrogens is 398 g/mol. The van der Waals surface area contributed by atoms with Crippen molar-refractivity contribution in [1.29, 1.82) is 0 Å². The first-order valence-corrected chi connectivity index (χ1v) is 10.5. The van der Waals surface area contributed by atoms with E-state index < -0.39 is 0 Å². The molecule has 2 N–H and O–H groups in total. The lowest BCUT2D eigenvalue weighted by molar-refractivity contribution is 0.301. The zero-order valence-corrected chi connectivity index (χ0v) is 17.9. The predicted molar refractivity (Wildman–Crippen MR) is 118 cm³/mol. The van der Waals surface area contributed by atoms with E-state index in [1.807, 2.05) is 42.6 Å². The van der Waals surface area contributed by atoms with Gasteiger partial charge in [0.2, 0.25) is 0 Å². The number of phenols is 1. The van der Waals surface area contributed by atoms with Crippen LogP contribution in [0.15, 0.2) is 48.0 Å². The molecule has 0 aliphatic carbocycles. The zero-order chi connectivity index (χ0) is 21.1. The van der Waals surface area contributed by atoms with Crippen LogP contribution in [-0.4, -0.2) is 27.4 Å². The van der Waals surface area contributed by atoms with Crippen molar-refractivity contribution in [3.05, 3.63) is 64.8 Å². The maximum Gasteiger partial charge on any atom is 0.128 e. The van der Waals surface area contributed by atoms with Crippen molar-refractivity contribution >= 4 is 11.3 Å². The Labute approximate surface area is 179 Å². The van der Waals surface area contributed by atoms with Crippen molar-refractivity contribution in [2.75, 3.05) is 7.11 Å². The number of aryl methyl sites for hydroxylation is 2. The lowest BCUT2D eigenvalue weighted by atomic mass is 10.0. The van der Waals surface area contributed by atoms with E-state index in [-0.39, 0.29) is 5.75 Å². The van der Waals surface area contributed by atoms with Crippen LogP contribution in [0.25, 0.3) is 21.8 Å². The highest BCUT2D eigenvalue weighted by molar-refractivity contribution is 7.13. The Morgan fingerprint density at radius 3 is 2.60 bits per heavy atom. The van der Waals surface area contributed by atoms with E-state index in [0.29, 0.717) is 17.9 Å². The summed E-state index contributed by atoms with van der Waals surface area (Å²) in [5, 5.41) is 20.8. The van der Waals surface area contributed by atoms with Crippen molar-refractivity contribution in [3.8, 4) is 39.1 Å². The second-order valence-electron chi connectivity index (χ2n) is 6.92. The predicted octanol–water partition coefficient (Wildman–Crippen LogP) is 5.36. The number of thiazole rings is 1. The number of hydrogen-bond donors (Lipinski definition) is 2. The van der Waals surface area contributed by atoms with Crippen molar-refractivity contribution in [2.45, 2.75) is 26.9 Å². The molecule has 0 saturated carbocycles. The van der Waals surface area contributed by atoms with Gasteiger partial charge in [0, 0.05) is 22.7 Å². The van der Waals surface area contributed by atoms with Crippen LogP contribution in [0.4, 0.5) is 0 Å². The summed E-state index contributed by atoms with van der Waals surface area (Å²) in [5.41, 5.74) is 5.30. The van der Waals surface area contributed by atoms with Crippen LogP contribution in [0.2, 0.25) is 0 Å². The summed E-state index contributed by atoms with van der Waals surface area (Å²) in [7, 11) is 1.64. The molecule has 4 aromatic rings. The molecule has 0 radical (unpaired) electrons. The summed E-state index contributed by atoms with van der Waals surface area (Å²) in [6, 6.07) is 11.4. The van der Waals surface area contributed by atoms with Gasteiger partial charge >= 0.3 is 0 Å². The highest BCUT2D eigenvalue weighted by atomic mass is 32.1. The molecule has 0 aliphatic heterocycles. The van der Waals surface area contributed by atoms with E-state index in [9.17, 15) is 5.11 Å². The summed E-state index contributed by atoms with van der Waals surface area (Å²) < 4.78 is 11.2. The van der Waals surface area contributed by atoms with Gasteiger partial charge in [0.25, 0.3) is 0 Å².